The number of rotatable bonds is 5. The predicted molar refractivity (Wildman–Crippen MR) is 89.9 cm³/mol. The molecule has 2 aromatic carbocycles. The van der Waals surface area contributed by atoms with E-state index in [4.69, 9.17) is 16.3 Å². The Kier molecular flexibility index (Phi) is 4.73. The van der Waals surface area contributed by atoms with E-state index in [9.17, 15) is 14.5 Å². The molecule has 0 atom stereocenters. The third-order valence-electron chi connectivity index (χ3n) is 3.14. The van der Waals surface area contributed by atoms with Crippen LogP contribution < -0.4 is 4.74 Å². The number of halogens is 2. The van der Waals surface area contributed by atoms with E-state index in [2.05, 4.69) is 4.98 Å². The van der Waals surface area contributed by atoms with Gasteiger partial charge in [0, 0.05) is 22.0 Å². The standard InChI is InChI=1S/C16H10ClFN2O3S/c17-11-3-6-15(14(7-11)20(21)22)23-8-13-9-24-16(19-13)10-1-4-12(18)5-2-10/h1-7,9H,8H2. The van der Waals surface area contributed by atoms with Gasteiger partial charge in [0.2, 0.25) is 0 Å². The molecular formula is C16H10ClFN2O3S. The molecule has 0 spiro atoms. The first-order valence-corrected chi connectivity index (χ1v) is 8.06. The molecule has 0 radical (unpaired) electrons. The van der Waals surface area contributed by atoms with Gasteiger partial charge < -0.3 is 4.74 Å². The van der Waals surface area contributed by atoms with Crippen LogP contribution in [0.25, 0.3) is 10.6 Å². The molecule has 1 aromatic heterocycles. The minimum Gasteiger partial charge on any atom is -0.480 e. The Morgan fingerprint density at radius 3 is 2.71 bits per heavy atom. The highest BCUT2D eigenvalue weighted by atomic mass is 35.5. The Hall–Kier alpha value is -2.51. The second-order valence-electron chi connectivity index (χ2n) is 4.81. The molecule has 0 aliphatic carbocycles. The van der Waals surface area contributed by atoms with Crippen LogP contribution in [0.5, 0.6) is 5.75 Å². The molecule has 0 aliphatic rings. The van der Waals surface area contributed by atoms with Gasteiger partial charge in [-0.15, -0.1) is 11.3 Å². The lowest BCUT2D eigenvalue weighted by Crippen LogP contribution is -1.99. The van der Waals surface area contributed by atoms with Gasteiger partial charge in [-0.05, 0) is 36.4 Å². The molecule has 0 amide bonds. The fourth-order valence-corrected chi connectivity index (χ4v) is 2.98. The highest BCUT2D eigenvalue weighted by Crippen LogP contribution is 2.31. The third-order valence-corrected chi connectivity index (χ3v) is 4.31. The van der Waals surface area contributed by atoms with Crippen LogP contribution in [0.2, 0.25) is 5.02 Å². The van der Waals surface area contributed by atoms with Crippen LogP contribution in [0.15, 0.2) is 47.8 Å². The predicted octanol–water partition coefficient (Wildman–Crippen LogP) is 5.09. The van der Waals surface area contributed by atoms with Crippen molar-refractivity contribution >= 4 is 28.6 Å². The first-order chi connectivity index (χ1) is 11.5. The van der Waals surface area contributed by atoms with Crippen LogP contribution in [-0.4, -0.2) is 9.91 Å². The SMILES string of the molecule is O=[N+]([O-])c1cc(Cl)ccc1OCc1csc(-c2ccc(F)cc2)n1. The minimum absolute atomic E-state index is 0.0835. The zero-order chi connectivity index (χ0) is 17.1. The lowest BCUT2D eigenvalue weighted by atomic mass is 10.2. The first-order valence-electron chi connectivity index (χ1n) is 6.80. The van der Waals surface area contributed by atoms with Gasteiger partial charge in [-0.1, -0.05) is 11.6 Å². The van der Waals surface area contributed by atoms with Crippen molar-refractivity contribution in [2.75, 3.05) is 0 Å². The van der Waals surface area contributed by atoms with Crippen molar-refractivity contribution in [3.8, 4) is 16.3 Å². The van der Waals surface area contributed by atoms with Crippen molar-refractivity contribution in [1.29, 1.82) is 0 Å². The van der Waals surface area contributed by atoms with Crippen LogP contribution in [0.3, 0.4) is 0 Å². The summed E-state index contributed by atoms with van der Waals surface area (Å²) in [5, 5.41) is 13.8. The zero-order valence-electron chi connectivity index (χ0n) is 12.1. The summed E-state index contributed by atoms with van der Waals surface area (Å²) >= 11 is 7.15. The largest absolute Gasteiger partial charge is 0.480 e. The summed E-state index contributed by atoms with van der Waals surface area (Å²) < 4.78 is 18.4. The molecule has 0 aliphatic heterocycles. The van der Waals surface area contributed by atoms with Gasteiger partial charge in [0.25, 0.3) is 0 Å². The normalized spacial score (nSPS) is 10.6. The van der Waals surface area contributed by atoms with E-state index in [1.807, 2.05) is 0 Å². The molecule has 0 N–H and O–H groups in total. The minimum atomic E-state index is -0.549. The molecule has 0 unspecified atom stereocenters. The number of thiazole rings is 1. The molecule has 0 fully saturated rings. The van der Waals surface area contributed by atoms with Gasteiger partial charge in [0.1, 0.15) is 17.4 Å². The first kappa shape index (κ1) is 16.4. The number of ether oxygens (including phenoxy) is 1. The number of benzene rings is 2. The number of hydrogen-bond acceptors (Lipinski definition) is 5. The van der Waals surface area contributed by atoms with Crippen LogP contribution >= 0.6 is 22.9 Å². The second-order valence-corrected chi connectivity index (χ2v) is 6.10. The van der Waals surface area contributed by atoms with E-state index in [0.29, 0.717) is 5.69 Å². The zero-order valence-corrected chi connectivity index (χ0v) is 13.7. The van der Waals surface area contributed by atoms with Gasteiger partial charge in [-0.3, -0.25) is 10.1 Å². The van der Waals surface area contributed by atoms with Gasteiger partial charge in [0.15, 0.2) is 5.75 Å². The summed E-state index contributed by atoms with van der Waals surface area (Å²) in [6.45, 7) is 0.0835. The summed E-state index contributed by atoms with van der Waals surface area (Å²) in [5.41, 5.74) is 1.23. The number of nitro benzene ring substituents is 1. The Morgan fingerprint density at radius 1 is 1.25 bits per heavy atom. The molecule has 0 bridgehead atoms. The number of hydrogen-bond donors (Lipinski definition) is 0. The van der Waals surface area contributed by atoms with Gasteiger partial charge >= 0.3 is 5.69 Å². The molecule has 24 heavy (non-hydrogen) atoms. The molecular weight excluding hydrogens is 355 g/mol. The van der Waals surface area contributed by atoms with Gasteiger partial charge in [0.05, 0.1) is 10.6 Å². The molecule has 8 heteroatoms. The van der Waals surface area contributed by atoms with E-state index in [-0.39, 0.29) is 28.9 Å². The van der Waals surface area contributed by atoms with Crippen molar-refractivity contribution < 1.29 is 14.1 Å². The fraction of sp³-hybridized carbons (Fsp3) is 0.0625. The molecule has 0 saturated heterocycles. The lowest BCUT2D eigenvalue weighted by Gasteiger charge is -2.05. The molecule has 5 nitrogen and oxygen atoms in total. The molecule has 122 valence electrons. The van der Waals surface area contributed by atoms with E-state index >= 15 is 0 Å². The molecule has 3 aromatic rings. The van der Waals surface area contributed by atoms with Gasteiger partial charge in [-0.2, -0.15) is 0 Å². The quantitative estimate of drug-likeness (QED) is 0.467. The van der Waals surface area contributed by atoms with Crippen LogP contribution in [0.1, 0.15) is 5.69 Å². The average molecular weight is 365 g/mol. The van der Waals surface area contributed by atoms with Crippen molar-refractivity contribution in [2.24, 2.45) is 0 Å². The number of nitrogens with zero attached hydrogens (tertiary/aromatic N) is 2. The van der Waals surface area contributed by atoms with E-state index < -0.39 is 4.92 Å². The molecule has 1 heterocycles. The second kappa shape index (κ2) is 6.94. The molecule has 0 saturated carbocycles. The maximum Gasteiger partial charge on any atom is 0.312 e. The fourth-order valence-electron chi connectivity index (χ4n) is 2.01. The summed E-state index contributed by atoms with van der Waals surface area (Å²) in [7, 11) is 0. The smallest absolute Gasteiger partial charge is 0.312 e. The van der Waals surface area contributed by atoms with E-state index in [1.165, 1.54) is 41.7 Å². The third kappa shape index (κ3) is 3.69. The van der Waals surface area contributed by atoms with Crippen LogP contribution in [0.4, 0.5) is 10.1 Å². The highest BCUT2D eigenvalue weighted by Gasteiger charge is 2.16. The number of nitro groups is 1. The monoisotopic (exact) mass is 364 g/mol. The summed E-state index contributed by atoms with van der Waals surface area (Å²) in [5.74, 6) is -0.186. The summed E-state index contributed by atoms with van der Waals surface area (Å²) in [4.78, 5) is 14.9. The Bertz CT molecular complexity index is 883. The Labute approximate surface area is 145 Å². The van der Waals surface area contributed by atoms with E-state index in [0.717, 1.165) is 10.6 Å². The van der Waals surface area contributed by atoms with Crippen molar-refractivity contribution in [3.63, 3.8) is 0 Å². The maximum atomic E-state index is 12.9. The summed E-state index contributed by atoms with van der Waals surface area (Å²) in [6.07, 6.45) is 0. The number of aromatic nitrogens is 1. The lowest BCUT2D eigenvalue weighted by molar-refractivity contribution is -0.385. The maximum absolute atomic E-state index is 12.9. The van der Waals surface area contributed by atoms with Crippen LogP contribution in [-0.2, 0) is 6.61 Å². The van der Waals surface area contributed by atoms with Crippen molar-refractivity contribution in [2.45, 2.75) is 6.61 Å². The summed E-state index contributed by atoms with van der Waals surface area (Å²) in [6, 6.07) is 10.2. The Balaban J connectivity index is 1.74. The van der Waals surface area contributed by atoms with Crippen molar-refractivity contribution in [1.82, 2.24) is 4.98 Å². The average Bonchev–Trinajstić information content (AvgIpc) is 3.03. The molecule has 3 rings (SSSR count). The van der Waals surface area contributed by atoms with Crippen molar-refractivity contribution in [3.05, 3.63) is 74.5 Å². The van der Waals surface area contributed by atoms with Crippen LogP contribution in [0, 0.1) is 15.9 Å². The van der Waals surface area contributed by atoms with Gasteiger partial charge in [-0.25, -0.2) is 9.37 Å². The van der Waals surface area contributed by atoms with E-state index in [1.54, 1.807) is 17.5 Å². The highest BCUT2D eigenvalue weighted by molar-refractivity contribution is 7.13. The topological polar surface area (TPSA) is 65.3 Å². The Morgan fingerprint density at radius 2 is 2.00 bits per heavy atom.